The Balaban J connectivity index is 0.00000225. The summed E-state index contributed by atoms with van der Waals surface area (Å²) in [7, 11) is 2.05. The third-order valence-corrected chi connectivity index (χ3v) is 2.74. The number of nitrogens with zero attached hydrogens (tertiary/aromatic N) is 2. The molecule has 1 fully saturated rings. The topological polar surface area (TPSA) is 53.0 Å². The zero-order valence-corrected chi connectivity index (χ0v) is 9.48. The molecule has 1 unspecified atom stereocenters. The Morgan fingerprint density at radius 1 is 1.38 bits per heavy atom. The summed E-state index contributed by atoms with van der Waals surface area (Å²) >= 11 is 0. The van der Waals surface area contributed by atoms with Crippen LogP contribution < -0.4 is 0 Å². The summed E-state index contributed by atoms with van der Waals surface area (Å²) in [6, 6.07) is -0.487. The number of aliphatic carboxylic acids is 1. The molecular formula is C10H21LiN2O3. The molecule has 0 aromatic heterocycles. The molecule has 1 atom stereocenters. The van der Waals surface area contributed by atoms with Crippen LogP contribution in [-0.4, -0.2) is 92.2 Å². The number of piperazine rings is 1. The van der Waals surface area contributed by atoms with Crippen LogP contribution in [0.4, 0.5) is 0 Å². The van der Waals surface area contributed by atoms with Crippen molar-refractivity contribution in [2.75, 3.05) is 46.4 Å². The van der Waals surface area contributed by atoms with E-state index in [0.717, 1.165) is 26.2 Å². The molecule has 16 heavy (non-hydrogen) atoms. The first kappa shape index (κ1) is 15.9. The van der Waals surface area contributed by atoms with E-state index >= 15 is 0 Å². The molecule has 0 aromatic carbocycles. The van der Waals surface area contributed by atoms with Crippen molar-refractivity contribution in [1.82, 2.24) is 9.80 Å². The minimum atomic E-state index is -0.784. The fraction of sp³-hybridized carbons (Fsp3) is 0.900. The fourth-order valence-electron chi connectivity index (χ4n) is 1.70. The SMILES string of the molecule is CCOCC(C(=O)O)N1CCN(C)CC1.[LiH]. The predicted octanol–water partition coefficient (Wildman–Crippen LogP) is -0.925. The normalized spacial score (nSPS) is 20.1. The zero-order chi connectivity index (χ0) is 11.3. The number of rotatable bonds is 5. The summed E-state index contributed by atoms with van der Waals surface area (Å²) in [4.78, 5) is 15.2. The molecule has 0 bridgehead atoms. The van der Waals surface area contributed by atoms with Crippen LogP contribution in [0.5, 0.6) is 0 Å². The molecule has 1 aliphatic rings. The summed E-state index contributed by atoms with van der Waals surface area (Å²) < 4.78 is 5.20. The van der Waals surface area contributed by atoms with E-state index in [1.54, 1.807) is 0 Å². The van der Waals surface area contributed by atoms with Crippen LogP contribution in [0, 0.1) is 0 Å². The van der Waals surface area contributed by atoms with Gasteiger partial charge in [0, 0.05) is 32.8 Å². The maximum absolute atomic E-state index is 11.1. The molecule has 90 valence electrons. The van der Waals surface area contributed by atoms with Gasteiger partial charge in [-0.3, -0.25) is 9.69 Å². The Bertz CT molecular complexity index is 208. The second kappa shape index (κ2) is 8.10. The second-order valence-corrected chi connectivity index (χ2v) is 3.85. The third kappa shape index (κ3) is 4.85. The van der Waals surface area contributed by atoms with Crippen LogP contribution in [0.25, 0.3) is 0 Å². The van der Waals surface area contributed by atoms with E-state index in [4.69, 9.17) is 9.84 Å². The van der Waals surface area contributed by atoms with E-state index in [0.29, 0.717) is 6.61 Å². The number of likely N-dealkylation sites (N-methyl/N-ethyl adjacent to an activating group) is 1. The first-order valence-electron chi connectivity index (χ1n) is 5.38. The van der Waals surface area contributed by atoms with Crippen molar-refractivity contribution in [1.29, 1.82) is 0 Å². The number of carboxylic acid groups (broad SMARTS) is 1. The summed E-state index contributed by atoms with van der Waals surface area (Å²) in [6.07, 6.45) is 0. The average Bonchev–Trinajstić information content (AvgIpc) is 2.21. The molecular weight excluding hydrogens is 203 g/mol. The van der Waals surface area contributed by atoms with E-state index in [2.05, 4.69) is 11.9 Å². The van der Waals surface area contributed by atoms with Crippen molar-refractivity contribution in [2.24, 2.45) is 0 Å². The van der Waals surface area contributed by atoms with Gasteiger partial charge in [-0.05, 0) is 14.0 Å². The summed E-state index contributed by atoms with van der Waals surface area (Å²) in [5.41, 5.74) is 0. The van der Waals surface area contributed by atoms with Crippen LogP contribution in [0.15, 0.2) is 0 Å². The summed E-state index contributed by atoms with van der Waals surface area (Å²) in [6.45, 7) is 6.20. The van der Waals surface area contributed by atoms with Gasteiger partial charge in [-0.15, -0.1) is 0 Å². The van der Waals surface area contributed by atoms with Gasteiger partial charge in [-0.2, -0.15) is 0 Å². The van der Waals surface area contributed by atoms with Crippen molar-refractivity contribution in [3.8, 4) is 0 Å². The van der Waals surface area contributed by atoms with Crippen LogP contribution in [-0.2, 0) is 9.53 Å². The zero-order valence-electron chi connectivity index (χ0n) is 9.48. The number of hydrogen-bond acceptors (Lipinski definition) is 4. The van der Waals surface area contributed by atoms with Crippen molar-refractivity contribution >= 4 is 24.8 Å². The molecule has 1 rings (SSSR count). The molecule has 1 heterocycles. The Hall–Kier alpha value is -0.0526. The van der Waals surface area contributed by atoms with Crippen LogP contribution in [0.2, 0.25) is 0 Å². The van der Waals surface area contributed by atoms with Crippen LogP contribution in [0.3, 0.4) is 0 Å². The standard InChI is InChI=1S/C10H20N2O3.Li.H/c1-3-15-8-9(10(13)14)12-6-4-11(2)5-7-12;;/h9H,3-8H2,1-2H3,(H,13,14);;. The van der Waals surface area contributed by atoms with Crippen molar-refractivity contribution in [2.45, 2.75) is 13.0 Å². The van der Waals surface area contributed by atoms with Gasteiger partial charge in [0.2, 0.25) is 0 Å². The maximum atomic E-state index is 11.1. The first-order chi connectivity index (χ1) is 7.15. The Labute approximate surface area is 109 Å². The second-order valence-electron chi connectivity index (χ2n) is 3.85. The average molecular weight is 224 g/mol. The molecule has 5 nitrogen and oxygen atoms in total. The van der Waals surface area contributed by atoms with Crippen molar-refractivity contribution in [3.63, 3.8) is 0 Å². The van der Waals surface area contributed by atoms with Gasteiger partial charge in [0.05, 0.1) is 6.61 Å². The van der Waals surface area contributed by atoms with Crippen molar-refractivity contribution in [3.05, 3.63) is 0 Å². The Morgan fingerprint density at radius 2 is 1.94 bits per heavy atom. The van der Waals surface area contributed by atoms with Gasteiger partial charge in [0.25, 0.3) is 0 Å². The molecule has 0 amide bonds. The van der Waals surface area contributed by atoms with Crippen LogP contribution in [0.1, 0.15) is 6.92 Å². The Morgan fingerprint density at radius 3 is 2.38 bits per heavy atom. The molecule has 1 saturated heterocycles. The van der Waals surface area contributed by atoms with Gasteiger partial charge >= 0.3 is 24.8 Å². The summed E-state index contributed by atoms with van der Waals surface area (Å²) in [5.74, 6) is -0.784. The van der Waals surface area contributed by atoms with E-state index in [1.165, 1.54) is 0 Å². The number of carboxylic acids is 1. The first-order valence-corrected chi connectivity index (χ1v) is 5.38. The monoisotopic (exact) mass is 224 g/mol. The molecule has 1 aliphatic heterocycles. The summed E-state index contributed by atoms with van der Waals surface area (Å²) in [5, 5.41) is 9.08. The van der Waals surface area contributed by atoms with Crippen LogP contribution >= 0.6 is 0 Å². The fourth-order valence-corrected chi connectivity index (χ4v) is 1.70. The Kier molecular flexibility index (Phi) is 8.07. The van der Waals surface area contributed by atoms with Gasteiger partial charge < -0.3 is 14.7 Å². The number of ether oxygens (including phenoxy) is 1. The molecule has 0 spiro atoms. The van der Waals surface area contributed by atoms with E-state index in [1.807, 2.05) is 11.8 Å². The van der Waals surface area contributed by atoms with Gasteiger partial charge in [0.15, 0.2) is 0 Å². The van der Waals surface area contributed by atoms with E-state index in [9.17, 15) is 4.79 Å². The number of carbonyl (C=O) groups is 1. The number of hydrogen-bond donors (Lipinski definition) is 1. The molecule has 1 N–H and O–H groups in total. The predicted molar refractivity (Wildman–Crippen MR) is 64.1 cm³/mol. The van der Waals surface area contributed by atoms with Gasteiger partial charge in [0.1, 0.15) is 6.04 Å². The van der Waals surface area contributed by atoms with E-state index in [-0.39, 0.29) is 25.5 Å². The van der Waals surface area contributed by atoms with E-state index < -0.39 is 12.0 Å². The minimum absolute atomic E-state index is 0. The third-order valence-electron chi connectivity index (χ3n) is 2.74. The molecule has 0 saturated carbocycles. The molecule has 0 radical (unpaired) electrons. The molecule has 0 aliphatic carbocycles. The van der Waals surface area contributed by atoms with Crippen molar-refractivity contribution < 1.29 is 14.6 Å². The molecule has 6 heteroatoms. The van der Waals surface area contributed by atoms with Gasteiger partial charge in [-0.25, -0.2) is 0 Å². The quantitative estimate of drug-likeness (QED) is 0.612. The molecule has 0 aromatic rings. The van der Waals surface area contributed by atoms with Gasteiger partial charge in [-0.1, -0.05) is 0 Å².